The fraction of sp³-hybridized carbons (Fsp3) is 0. The molecular formula is C31H15BF12. The molecule has 0 aromatic heterocycles. The summed E-state index contributed by atoms with van der Waals surface area (Å²) in [7, 11) is 0. The molecule has 0 unspecified atom stereocenters. The first-order valence-corrected chi connectivity index (χ1v) is 12.4. The van der Waals surface area contributed by atoms with Gasteiger partial charge in [0.1, 0.15) is 6.15 Å². The molecule has 5 rings (SSSR count). The van der Waals surface area contributed by atoms with Crippen LogP contribution in [0.2, 0.25) is 0 Å². The summed E-state index contributed by atoms with van der Waals surface area (Å²) in [5, 5.41) is 0. The Labute approximate surface area is 241 Å². The SMILES string of the molecule is Fc1cc([B-](c2cc(F)c(F)c(F)c2)(c2cc(F)c(F)c(F)c2)c2cc(F)c(F)c(F)c2)cc(F)c1F.c1ccc[cH+]cc1. The highest BCUT2D eigenvalue weighted by Gasteiger charge is 2.37. The molecule has 0 aliphatic heterocycles. The van der Waals surface area contributed by atoms with E-state index in [1.54, 1.807) is 0 Å². The smallest absolute Gasteiger partial charge is 0.194 e. The Kier molecular flexibility index (Phi) is 9.36. The number of hydrogen-bond acceptors (Lipinski definition) is 0. The first-order chi connectivity index (χ1) is 20.8. The van der Waals surface area contributed by atoms with Crippen LogP contribution in [0.1, 0.15) is 0 Å². The van der Waals surface area contributed by atoms with Crippen LogP contribution < -0.4 is 21.9 Å². The van der Waals surface area contributed by atoms with Crippen LogP contribution in [-0.2, 0) is 0 Å². The summed E-state index contributed by atoms with van der Waals surface area (Å²) >= 11 is 0. The molecule has 0 amide bonds. The second kappa shape index (κ2) is 12.8. The molecule has 44 heavy (non-hydrogen) atoms. The van der Waals surface area contributed by atoms with Gasteiger partial charge in [0.15, 0.2) is 69.8 Å². The molecule has 0 heterocycles. The van der Waals surface area contributed by atoms with Crippen molar-refractivity contribution in [2.75, 3.05) is 0 Å². The Morgan fingerprint density at radius 1 is 0.318 bits per heavy atom. The maximum atomic E-state index is 14.4. The predicted octanol–water partition coefficient (Wildman–Crippen LogP) is 6.70. The van der Waals surface area contributed by atoms with Gasteiger partial charge in [-0.25, -0.2) is 52.7 Å². The summed E-state index contributed by atoms with van der Waals surface area (Å²) in [6.07, 6.45) is -4.01. The average molecular weight is 626 g/mol. The molecule has 0 atom stereocenters. The third-order valence-corrected chi connectivity index (χ3v) is 6.80. The van der Waals surface area contributed by atoms with Gasteiger partial charge >= 0.3 is 0 Å². The van der Waals surface area contributed by atoms with Crippen LogP contribution in [0.25, 0.3) is 0 Å². The van der Waals surface area contributed by atoms with Gasteiger partial charge in [-0.3, -0.25) is 0 Å². The van der Waals surface area contributed by atoms with Gasteiger partial charge in [-0.1, -0.05) is 48.5 Å². The Balaban J connectivity index is 0.000000555. The summed E-state index contributed by atoms with van der Waals surface area (Å²) in [4.78, 5) is 0. The number of rotatable bonds is 4. The highest BCUT2D eigenvalue weighted by atomic mass is 19.2. The summed E-state index contributed by atoms with van der Waals surface area (Å²) in [5.41, 5.74) is -3.79. The summed E-state index contributed by atoms with van der Waals surface area (Å²) in [6, 6.07) is 15.4. The number of benzene rings is 4. The van der Waals surface area contributed by atoms with E-state index in [2.05, 4.69) is 0 Å². The Hall–Kier alpha value is -4.81. The lowest BCUT2D eigenvalue weighted by Gasteiger charge is -2.44. The van der Waals surface area contributed by atoms with Crippen molar-refractivity contribution in [1.29, 1.82) is 0 Å². The van der Waals surface area contributed by atoms with E-state index in [1.807, 2.05) is 42.5 Å². The van der Waals surface area contributed by atoms with Crippen molar-refractivity contribution in [3.05, 3.63) is 161 Å². The lowest BCUT2D eigenvalue weighted by Crippen LogP contribution is -2.75. The van der Waals surface area contributed by atoms with Crippen molar-refractivity contribution in [3.63, 3.8) is 0 Å². The Bertz CT molecular complexity index is 1490. The van der Waals surface area contributed by atoms with Gasteiger partial charge in [0.25, 0.3) is 0 Å². The Morgan fingerprint density at radius 2 is 0.523 bits per heavy atom. The van der Waals surface area contributed by atoms with Crippen molar-refractivity contribution >= 4 is 28.0 Å². The lowest BCUT2D eigenvalue weighted by molar-refractivity contribution is 0.447. The molecule has 5 aromatic carbocycles. The van der Waals surface area contributed by atoms with Gasteiger partial charge in [-0.15, -0.1) is 0 Å². The highest BCUT2D eigenvalue weighted by Crippen LogP contribution is 2.21. The van der Waals surface area contributed by atoms with Crippen LogP contribution in [0.15, 0.2) is 91.0 Å². The van der Waals surface area contributed by atoms with Crippen molar-refractivity contribution in [1.82, 2.24) is 0 Å². The van der Waals surface area contributed by atoms with Crippen LogP contribution >= 0.6 is 0 Å². The molecule has 0 spiro atoms. The molecular weight excluding hydrogens is 611 g/mol. The molecule has 0 aliphatic carbocycles. The van der Waals surface area contributed by atoms with E-state index >= 15 is 0 Å². The maximum absolute atomic E-state index is 14.4. The van der Waals surface area contributed by atoms with Crippen molar-refractivity contribution < 1.29 is 52.7 Å². The number of halogens is 12. The second-order valence-corrected chi connectivity index (χ2v) is 9.41. The molecule has 0 saturated heterocycles. The van der Waals surface area contributed by atoms with Gasteiger partial charge < -0.3 is 0 Å². The van der Waals surface area contributed by atoms with Crippen LogP contribution in [0.4, 0.5) is 52.7 Å². The van der Waals surface area contributed by atoms with Crippen LogP contribution in [0.5, 0.6) is 0 Å². The molecule has 0 fully saturated rings. The van der Waals surface area contributed by atoms with E-state index < -0.39 is 97.8 Å². The third-order valence-electron chi connectivity index (χ3n) is 6.80. The topological polar surface area (TPSA) is 0 Å². The fourth-order valence-corrected chi connectivity index (χ4v) is 4.90. The summed E-state index contributed by atoms with van der Waals surface area (Å²) in [6.45, 7) is 0. The third kappa shape index (κ3) is 5.99. The molecule has 0 bridgehead atoms. The van der Waals surface area contributed by atoms with E-state index in [1.165, 1.54) is 0 Å². The zero-order chi connectivity index (χ0) is 32.3. The minimum atomic E-state index is -4.01. The highest BCUT2D eigenvalue weighted by molar-refractivity contribution is 7.19. The maximum Gasteiger partial charge on any atom is 0.194 e. The largest absolute Gasteiger partial charge is 0.204 e. The average Bonchev–Trinajstić information content (AvgIpc) is 3.30. The van der Waals surface area contributed by atoms with E-state index in [-0.39, 0.29) is 48.5 Å². The van der Waals surface area contributed by atoms with Crippen LogP contribution in [-0.4, -0.2) is 6.15 Å². The molecule has 0 aliphatic rings. The van der Waals surface area contributed by atoms with E-state index in [0.29, 0.717) is 0 Å². The summed E-state index contributed by atoms with van der Waals surface area (Å²) in [5.74, 6) is -24.0. The van der Waals surface area contributed by atoms with Gasteiger partial charge in [0, 0.05) is 42.5 Å². The van der Waals surface area contributed by atoms with E-state index in [4.69, 9.17) is 0 Å². The standard InChI is InChI=1S/C24H8BF12.C7H7/c26-13-1-9(2-14(27)21(13)34)25(10-3-15(28)22(35)16(29)4-10,11-5-17(30)23(36)18(31)6-11)12-7-19(32)24(37)20(33)8-12;1-2-4-6-7-5-3-1/h1-8H;1-7H/q-1;+1. The minimum absolute atomic E-state index is 0.177. The van der Waals surface area contributed by atoms with Crippen molar-refractivity contribution in [2.45, 2.75) is 0 Å². The fourth-order valence-electron chi connectivity index (χ4n) is 4.90. The van der Waals surface area contributed by atoms with E-state index in [9.17, 15) is 52.7 Å². The van der Waals surface area contributed by atoms with Crippen LogP contribution in [0, 0.1) is 69.8 Å². The van der Waals surface area contributed by atoms with Crippen LogP contribution in [0.3, 0.4) is 0 Å². The van der Waals surface area contributed by atoms with E-state index in [0.717, 1.165) is 0 Å². The molecule has 13 heteroatoms. The van der Waals surface area contributed by atoms with Crippen molar-refractivity contribution in [3.8, 4) is 0 Å². The molecule has 0 N–H and O–H groups in total. The monoisotopic (exact) mass is 626 g/mol. The predicted molar refractivity (Wildman–Crippen MR) is 140 cm³/mol. The van der Waals surface area contributed by atoms with Gasteiger partial charge in [-0.2, -0.15) is 21.9 Å². The quantitative estimate of drug-likeness (QED) is 0.0903. The first-order valence-electron chi connectivity index (χ1n) is 12.4. The lowest BCUT2D eigenvalue weighted by atomic mass is 9.13. The molecule has 0 nitrogen and oxygen atoms in total. The van der Waals surface area contributed by atoms with Gasteiger partial charge in [0.05, 0.1) is 0 Å². The van der Waals surface area contributed by atoms with Crippen molar-refractivity contribution in [2.24, 2.45) is 0 Å². The minimum Gasteiger partial charge on any atom is -0.204 e. The summed E-state index contributed by atoms with van der Waals surface area (Å²) < 4.78 is 170. The number of hydrogen-bond donors (Lipinski definition) is 0. The van der Waals surface area contributed by atoms with Gasteiger partial charge in [0.2, 0.25) is 0 Å². The molecule has 5 aromatic rings. The first kappa shape index (κ1) is 32.1. The normalized spacial score (nSPS) is 11.2. The zero-order valence-corrected chi connectivity index (χ0v) is 21.8. The van der Waals surface area contributed by atoms with Gasteiger partial charge in [-0.05, 0) is 0 Å². The Morgan fingerprint density at radius 3 is 0.727 bits per heavy atom. The second-order valence-electron chi connectivity index (χ2n) is 9.41. The molecule has 0 saturated carbocycles. The zero-order valence-electron chi connectivity index (χ0n) is 21.8. The molecule has 0 radical (unpaired) electrons. The molecule has 226 valence electrons.